The van der Waals surface area contributed by atoms with E-state index in [0.29, 0.717) is 16.3 Å². The van der Waals surface area contributed by atoms with Crippen LogP contribution in [0.5, 0.6) is 0 Å². The van der Waals surface area contributed by atoms with Crippen LogP contribution in [0.2, 0.25) is 0 Å². The molecular formula is C19H13FN6S. The molecule has 0 radical (unpaired) electrons. The zero-order chi connectivity index (χ0) is 18.4. The topological polar surface area (TPSA) is 60.9 Å². The summed E-state index contributed by atoms with van der Waals surface area (Å²) in [4.78, 5) is 0.649. The number of hydrogen-bond donors (Lipinski definition) is 0. The third kappa shape index (κ3) is 2.61. The molecule has 0 atom stereocenters. The number of nitrogens with zero attached hydrogens (tertiary/aromatic N) is 6. The minimum absolute atomic E-state index is 0.320. The van der Waals surface area contributed by atoms with Gasteiger partial charge in [0.1, 0.15) is 5.82 Å². The molecule has 3 aromatic heterocycles. The Morgan fingerprint density at radius 3 is 2.67 bits per heavy atom. The maximum Gasteiger partial charge on any atom is 0.235 e. The van der Waals surface area contributed by atoms with Gasteiger partial charge in [-0.3, -0.25) is 0 Å². The normalized spacial score (nSPS) is 11.3. The summed E-state index contributed by atoms with van der Waals surface area (Å²) in [5, 5.41) is 18.3. The molecule has 132 valence electrons. The van der Waals surface area contributed by atoms with Gasteiger partial charge in [-0.25, -0.2) is 9.07 Å². The largest absolute Gasteiger partial charge is 0.237 e. The van der Waals surface area contributed by atoms with Crippen molar-refractivity contribution >= 4 is 16.3 Å². The second-order valence-corrected chi connectivity index (χ2v) is 6.98. The molecule has 0 amide bonds. The molecule has 27 heavy (non-hydrogen) atoms. The van der Waals surface area contributed by atoms with E-state index in [1.165, 1.54) is 23.5 Å². The van der Waals surface area contributed by atoms with Crippen molar-refractivity contribution in [2.45, 2.75) is 6.92 Å². The Labute approximate surface area is 157 Å². The molecule has 0 unspecified atom stereocenters. The molecule has 0 aliphatic rings. The van der Waals surface area contributed by atoms with Crippen LogP contribution in [0.1, 0.15) is 5.69 Å². The quantitative estimate of drug-likeness (QED) is 0.475. The van der Waals surface area contributed by atoms with Crippen LogP contribution in [-0.4, -0.2) is 29.6 Å². The van der Waals surface area contributed by atoms with E-state index in [4.69, 9.17) is 0 Å². The fourth-order valence-electron chi connectivity index (χ4n) is 2.98. The molecule has 3 heterocycles. The molecule has 0 saturated heterocycles. The maximum atomic E-state index is 13.6. The zero-order valence-corrected chi connectivity index (χ0v) is 15.1. The lowest BCUT2D eigenvalue weighted by atomic mass is 10.2. The van der Waals surface area contributed by atoms with Gasteiger partial charge in [0, 0.05) is 5.56 Å². The average molecular weight is 376 g/mol. The Hall–Kier alpha value is -3.39. The van der Waals surface area contributed by atoms with Crippen LogP contribution >= 0.6 is 11.3 Å². The van der Waals surface area contributed by atoms with Gasteiger partial charge in [-0.1, -0.05) is 41.7 Å². The van der Waals surface area contributed by atoms with Crippen LogP contribution in [0, 0.1) is 12.7 Å². The lowest BCUT2D eigenvalue weighted by molar-refractivity contribution is 0.628. The maximum absolute atomic E-state index is 13.6. The summed E-state index contributed by atoms with van der Waals surface area (Å²) in [5.74, 6) is 0.194. The van der Waals surface area contributed by atoms with E-state index in [9.17, 15) is 4.39 Å². The first-order valence-electron chi connectivity index (χ1n) is 8.29. The number of aromatic nitrogens is 6. The van der Waals surface area contributed by atoms with Gasteiger partial charge >= 0.3 is 0 Å². The minimum Gasteiger partial charge on any atom is -0.237 e. The van der Waals surface area contributed by atoms with Gasteiger partial charge in [-0.15, -0.1) is 10.2 Å². The first-order valence-corrected chi connectivity index (χ1v) is 9.11. The Balaban J connectivity index is 1.60. The van der Waals surface area contributed by atoms with Crippen LogP contribution in [0.25, 0.3) is 32.6 Å². The number of rotatable bonds is 3. The zero-order valence-electron chi connectivity index (χ0n) is 14.2. The molecule has 5 aromatic rings. The van der Waals surface area contributed by atoms with Gasteiger partial charge in [-0.2, -0.15) is 14.7 Å². The average Bonchev–Trinajstić information content (AvgIpc) is 3.36. The van der Waals surface area contributed by atoms with Crippen molar-refractivity contribution in [3.8, 4) is 27.6 Å². The first kappa shape index (κ1) is 15.8. The van der Waals surface area contributed by atoms with Gasteiger partial charge in [0.2, 0.25) is 4.96 Å². The molecule has 0 spiro atoms. The van der Waals surface area contributed by atoms with Crippen LogP contribution in [-0.2, 0) is 0 Å². The summed E-state index contributed by atoms with van der Waals surface area (Å²) < 4.78 is 17.1. The van der Waals surface area contributed by atoms with E-state index in [-0.39, 0.29) is 5.82 Å². The van der Waals surface area contributed by atoms with Crippen LogP contribution < -0.4 is 0 Å². The van der Waals surface area contributed by atoms with Crippen molar-refractivity contribution < 1.29 is 4.39 Å². The van der Waals surface area contributed by atoms with Crippen LogP contribution in [0.15, 0.2) is 60.8 Å². The SMILES string of the molecule is Cc1c(-c2nn3c(-c4cccc(F)c4)nnc3s2)cnn1-c1ccccc1. The van der Waals surface area contributed by atoms with E-state index >= 15 is 0 Å². The van der Waals surface area contributed by atoms with Gasteiger partial charge in [0.25, 0.3) is 0 Å². The van der Waals surface area contributed by atoms with E-state index in [1.54, 1.807) is 22.8 Å². The molecule has 0 aliphatic heterocycles. The van der Waals surface area contributed by atoms with Gasteiger partial charge in [0.15, 0.2) is 10.8 Å². The standard InChI is InChI=1S/C19H13FN6S/c1-12-16(11-21-25(12)15-8-3-2-4-9-15)18-24-26-17(22-23-19(26)27-18)13-6-5-7-14(20)10-13/h2-11H,1H3. The highest BCUT2D eigenvalue weighted by Gasteiger charge is 2.18. The third-order valence-corrected chi connectivity index (χ3v) is 5.25. The lowest BCUT2D eigenvalue weighted by Gasteiger charge is -2.03. The number of hydrogen-bond acceptors (Lipinski definition) is 5. The molecule has 2 aromatic carbocycles. The minimum atomic E-state index is -0.320. The number of fused-ring (bicyclic) bond motifs is 1. The molecule has 0 bridgehead atoms. The highest BCUT2D eigenvalue weighted by molar-refractivity contribution is 7.19. The predicted octanol–water partition coefficient (Wildman–Crippen LogP) is 4.15. The third-order valence-electron chi connectivity index (χ3n) is 4.31. The van der Waals surface area contributed by atoms with Gasteiger partial charge in [-0.05, 0) is 31.2 Å². The Morgan fingerprint density at radius 1 is 1.00 bits per heavy atom. The van der Waals surface area contributed by atoms with Crippen LogP contribution in [0.3, 0.4) is 0 Å². The first-order chi connectivity index (χ1) is 13.2. The monoisotopic (exact) mass is 376 g/mol. The molecular weight excluding hydrogens is 363 g/mol. The summed E-state index contributed by atoms with van der Waals surface area (Å²) in [7, 11) is 0. The second kappa shape index (κ2) is 6.10. The molecule has 5 rings (SSSR count). The van der Waals surface area contributed by atoms with E-state index in [2.05, 4.69) is 20.4 Å². The van der Waals surface area contributed by atoms with E-state index < -0.39 is 0 Å². The van der Waals surface area contributed by atoms with Gasteiger partial charge in [0.05, 0.1) is 23.1 Å². The van der Waals surface area contributed by atoms with Gasteiger partial charge < -0.3 is 0 Å². The summed E-state index contributed by atoms with van der Waals surface area (Å²) in [6, 6.07) is 16.2. The van der Waals surface area contributed by atoms with Crippen molar-refractivity contribution in [2.75, 3.05) is 0 Å². The fourth-order valence-corrected chi connectivity index (χ4v) is 3.88. The Kier molecular flexibility index (Phi) is 3.58. The number of benzene rings is 2. The predicted molar refractivity (Wildman–Crippen MR) is 101 cm³/mol. The van der Waals surface area contributed by atoms with E-state index in [1.807, 2.05) is 41.9 Å². The molecule has 6 nitrogen and oxygen atoms in total. The molecule has 0 fully saturated rings. The Bertz CT molecular complexity index is 1250. The number of para-hydroxylation sites is 1. The van der Waals surface area contributed by atoms with Crippen molar-refractivity contribution in [1.82, 2.24) is 29.6 Å². The highest BCUT2D eigenvalue weighted by Crippen LogP contribution is 2.30. The molecule has 0 N–H and O–H groups in total. The molecule has 8 heteroatoms. The fraction of sp³-hybridized carbons (Fsp3) is 0.0526. The van der Waals surface area contributed by atoms with Crippen molar-refractivity contribution in [3.05, 3.63) is 72.3 Å². The Morgan fingerprint density at radius 2 is 1.85 bits per heavy atom. The van der Waals surface area contributed by atoms with Crippen LogP contribution in [0.4, 0.5) is 4.39 Å². The number of halogens is 1. The second-order valence-electron chi connectivity index (χ2n) is 6.03. The van der Waals surface area contributed by atoms with Crippen molar-refractivity contribution in [3.63, 3.8) is 0 Å². The molecule has 0 saturated carbocycles. The summed E-state index contributed by atoms with van der Waals surface area (Å²) >= 11 is 1.42. The highest BCUT2D eigenvalue weighted by atomic mass is 32.1. The lowest BCUT2D eigenvalue weighted by Crippen LogP contribution is -1.98. The summed E-state index contributed by atoms with van der Waals surface area (Å²) in [6.45, 7) is 2.01. The summed E-state index contributed by atoms with van der Waals surface area (Å²) in [5.41, 5.74) is 3.54. The van der Waals surface area contributed by atoms with Crippen molar-refractivity contribution in [1.29, 1.82) is 0 Å². The molecule has 0 aliphatic carbocycles. The van der Waals surface area contributed by atoms with E-state index in [0.717, 1.165) is 22.0 Å². The summed E-state index contributed by atoms with van der Waals surface area (Å²) in [6.07, 6.45) is 1.80. The van der Waals surface area contributed by atoms with Crippen molar-refractivity contribution in [2.24, 2.45) is 0 Å². The smallest absolute Gasteiger partial charge is 0.235 e.